The lowest BCUT2D eigenvalue weighted by Crippen LogP contribution is -2.44. The molecule has 0 aliphatic carbocycles. The molecular weight excluding hydrogens is 292 g/mol. The third kappa shape index (κ3) is 4.39. The summed E-state index contributed by atoms with van der Waals surface area (Å²) in [6.07, 6.45) is 0.855. The molecule has 2 rings (SSSR count). The van der Waals surface area contributed by atoms with Gasteiger partial charge < -0.3 is 11.1 Å². The highest BCUT2D eigenvalue weighted by atomic mass is 16.2. The first-order valence-electron chi connectivity index (χ1n) is 7.62. The molecule has 3 N–H and O–H groups in total. The molecule has 5 heteroatoms. The predicted octanol–water partition coefficient (Wildman–Crippen LogP) is 2.18. The number of rotatable bonds is 7. The largest absolute Gasteiger partial charge is 0.368 e. The molecule has 120 valence electrons. The number of nitrogens with one attached hydrogen (secondary N) is 1. The highest BCUT2D eigenvalue weighted by molar-refractivity contribution is 6.00. The van der Waals surface area contributed by atoms with Crippen LogP contribution < -0.4 is 11.1 Å². The van der Waals surface area contributed by atoms with Crippen molar-refractivity contribution in [2.45, 2.75) is 32.2 Å². The molecule has 0 fully saturated rings. The van der Waals surface area contributed by atoms with Crippen LogP contribution in [0.25, 0.3) is 10.8 Å². The molecule has 0 unspecified atom stereocenters. The van der Waals surface area contributed by atoms with Crippen molar-refractivity contribution in [1.82, 2.24) is 5.32 Å². The fourth-order valence-electron chi connectivity index (χ4n) is 2.34. The standard InChI is InChI=1S/C18H20N2O3/c1-2-15(21)9-10-16(17(19)22)20-18(23)14-8-7-12-5-3-4-6-13(12)11-14/h3-8,11,16H,2,9-10H2,1H3,(H2,19,22)(H,20,23)/t16-/m1/s1. The minimum absolute atomic E-state index is 0.0382. The third-order valence-corrected chi connectivity index (χ3v) is 3.77. The number of fused-ring (bicyclic) bond motifs is 1. The van der Waals surface area contributed by atoms with E-state index in [1.165, 1.54) is 0 Å². The van der Waals surface area contributed by atoms with E-state index < -0.39 is 11.9 Å². The molecule has 0 aromatic heterocycles. The third-order valence-electron chi connectivity index (χ3n) is 3.77. The first kappa shape index (κ1) is 16.7. The molecule has 0 aliphatic rings. The maximum absolute atomic E-state index is 12.3. The molecule has 0 radical (unpaired) electrons. The van der Waals surface area contributed by atoms with Gasteiger partial charge in [-0.15, -0.1) is 0 Å². The summed E-state index contributed by atoms with van der Waals surface area (Å²) in [6, 6.07) is 12.2. The van der Waals surface area contributed by atoms with E-state index in [0.29, 0.717) is 12.0 Å². The van der Waals surface area contributed by atoms with Crippen molar-refractivity contribution < 1.29 is 14.4 Å². The van der Waals surface area contributed by atoms with E-state index >= 15 is 0 Å². The van der Waals surface area contributed by atoms with Crippen LogP contribution in [0.1, 0.15) is 36.5 Å². The van der Waals surface area contributed by atoms with Gasteiger partial charge in [0, 0.05) is 18.4 Å². The molecule has 2 aromatic rings. The fraction of sp³-hybridized carbons (Fsp3) is 0.278. The SMILES string of the molecule is CCC(=O)CC[C@@H](NC(=O)c1ccc2ccccc2c1)C(N)=O. The predicted molar refractivity (Wildman–Crippen MR) is 88.9 cm³/mol. The van der Waals surface area contributed by atoms with E-state index in [0.717, 1.165) is 10.8 Å². The van der Waals surface area contributed by atoms with Gasteiger partial charge in [-0.3, -0.25) is 14.4 Å². The van der Waals surface area contributed by atoms with Gasteiger partial charge >= 0.3 is 0 Å². The van der Waals surface area contributed by atoms with Gasteiger partial charge in [-0.2, -0.15) is 0 Å². The first-order valence-corrected chi connectivity index (χ1v) is 7.62. The molecule has 1 atom stereocenters. The van der Waals surface area contributed by atoms with Crippen LogP contribution in [0.2, 0.25) is 0 Å². The Kier molecular flexibility index (Phi) is 5.46. The van der Waals surface area contributed by atoms with Crippen LogP contribution in [0.15, 0.2) is 42.5 Å². The average Bonchev–Trinajstić information content (AvgIpc) is 2.57. The summed E-state index contributed by atoms with van der Waals surface area (Å²) < 4.78 is 0. The van der Waals surface area contributed by atoms with Crippen LogP contribution in [-0.4, -0.2) is 23.6 Å². The number of amides is 2. The smallest absolute Gasteiger partial charge is 0.251 e. The van der Waals surface area contributed by atoms with E-state index in [2.05, 4.69) is 5.32 Å². The molecule has 0 saturated heterocycles. The summed E-state index contributed by atoms with van der Waals surface area (Å²) in [5.41, 5.74) is 5.77. The number of benzene rings is 2. The molecule has 0 bridgehead atoms. The van der Waals surface area contributed by atoms with Crippen LogP contribution in [-0.2, 0) is 9.59 Å². The number of hydrogen-bond donors (Lipinski definition) is 2. The van der Waals surface area contributed by atoms with E-state index in [4.69, 9.17) is 5.73 Å². The van der Waals surface area contributed by atoms with Gasteiger partial charge in [-0.25, -0.2) is 0 Å². The zero-order valence-electron chi connectivity index (χ0n) is 13.0. The second kappa shape index (κ2) is 7.54. The molecule has 0 saturated carbocycles. The van der Waals surface area contributed by atoms with E-state index in [1.807, 2.05) is 30.3 Å². The summed E-state index contributed by atoms with van der Waals surface area (Å²) >= 11 is 0. The molecule has 0 heterocycles. The van der Waals surface area contributed by atoms with Crippen molar-refractivity contribution >= 4 is 28.4 Å². The Labute approximate surface area is 134 Å². The second-order valence-electron chi connectivity index (χ2n) is 5.42. The summed E-state index contributed by atoms with van der Waals surface area (Å²) in [7, 11) is 0. The Morgan fingerprint density at radius 3 is 2.43 bits per heavy atom. The minimum Gasteiger partial charge on any atom is -0.368 e. The second-order valence-corrected chi connectivity index (χ2v) is 5.42. The van der Waals surface area contributed by atoms with Crippen molar-refractivity contribution in [2.75, 3.05) is 0 Å². The number of ketones is 1. The Bertz CT molecular complexity index is 740. The van der Waals surface area contributed by atoms with Gasteiger partial charge in [0.2, 0.25) is 5.91 Å². The molecule has 0 spiro atoms. The number of nitrogens with two attached hydrogens (primary N) is 1. The van der Waals surface area contributed by atoms with Crippen molar-refractivity contribution in [2.24, 2.45) is 5.73 Å². The summed E-state index contributed by atoms with van der Waals surface area (Å²) in [6.45, 7) is 1.76. The van der Waals surface area contributed by atoms with Crippen LogP contribution in [0.4, 0.5) is 0 Å². The van der Waals surface area contributed by atoms with Crippen LogP contribution in [0, 0.1) is 0 Å². The average molecular weight is 312 g/mol. The van der Waals surface area contributed by atoms with Crippen LogP contribution >= 0.6 is 0 Å². The Balaban J connectivity index is 2.10. The van der Waals surface area contributed by atoms with Crippen molar-refractivity contribution in [3.05, 3.63) is 48.0 Å². The number of carbonyl (C=O) groups is 3. The Morgan fingerprint density at radius 1 is 1.09 bits per heavy atom. The van der Waals surface area contributed by atoms with Crippen molar-refractivity contribution in [1.29, 1.82) is 0 Å². The quantitative estimate of drug-likeness (QED) is 0.821. The normalized spacial score (nSPS) is 11.9. The molecule has 0 aliphatic heterocycles. The van der Waals surface area contributed by atoms with Crippen LogP contribution in [0.3, 0.4) is 0 Å². The Morgan fingerprint density at radius 2 is 1.78 bits per heavy atom. The molecular formula is C18H20N2O3. The van der Waals surface area contributed by atoms with Crippen LogP contribution in [0.5, 0.6) is 0 Å². The number of primary amides is 1. The van der Waals surface area contributed by atoms with Crippen molar-refractivity contribution in [3.63, 3.8) is 0 Å². The van der Waals surface area contributed by atoms with E-state index in [1.54, 1.807) is 19.1 Å². The van der Waals surface area contributed by atoms with Gasteiger partial charge in [-0.05, 0) is 29.3 Å². The van der Waals surface area contributed by atoms with Gasteiger partial charge in [0.25, 0.3) is 5.91 Å². The molecule has 23 heavy (non-hydrogen) atoms. The Hall–Kier alpha value is -2.69. The zero-order chi connectivity index (χ0) is 16.8. The highest BCUT2D eigenvalue weighted by Gasteiger charge is 2.19. The molecule has 5 nitrogen and oxygen atoms in total. The van der Waals surface area contributed by atoms with Gasteiger partial charge in [0.1, 0.15) is 11.8 Å². The van der Waals surface area contributed by atoms with Crippen molar-refractivity contribution in [3.8, 4) is 0 Å². The summed E-state index contributed by atoms with van der Waals surface area (Å²) in [4.78, 5) is 35.2. The number of hydrogen-bond acceptors (Lipinski definition) is 3. The minimum atomic E-state index is -0.843. The summed E-state index contributed by atoms with van der Waals surface area (Å²) in [5, 5.41) is 4.58. The molecule has 2 amide bonds. The number of Topliss-reactive ketones (excluding diaryl/α,β-unsaturated/α-hetero) is 1. The maximum Gasteiger partial charge on any atom is 0.251 e. The van der Waals surface area contributed by atoms with E-state index in [-0.39, 0.29) is 24.5 Å². The van der Waals surface area contributed by atoms with Gasteiger partial charge in [-0.1, -0.05) is 37.3 Å². The van der Waals surface area contributed by atoms with Gasteiger partial charge in [0.05, 0.1) is 0 Å². The topological polar surface area (TPSA) is 89.3 Å². The molecule has 2 aromatic carbocycles. The lowest BCUT2D eigenvalue weighted by atomic mass is 10.0. The lowest BCUT2D eigenvalue weighted by Gasteiger charge is -2.15. The monoisotopic (exact) mass is 312 g/mol. The zero-order valence-corrected chi connectivity index (χ0v) is 13.0. The van der Waals surface area contributed by atoms with E-state index in [9.17, 15) is 14.4 Å². The summed E-state index contributed by atoms with van der Waals surface area (Å²) in [5.74, 6) is -0.970. The van der Waals surface area contributed by atoms with Gasteiger partial charge in [0.15, 0.2) is 0 Å². The maximum atomic E-state index is 12.3. The first-order chi connectivity index (χ1) is 11.0. The lowest BCUT2D eigenvalue weighted by molar-refractivity contribution is -0.121. The fourth-order valence-corrected chi connectivity index (χ4v) is 2.34. The highest BCUT2D eigenvalue weighted by Crippen LogP contribution is 2.15. The number of carbonyl (C=O) groups excluding carboxylic acids is 3.